The molecule has 0 aliphatic heterocycles. The molecule has 1 unspecified atom stereocenters. The molecule has 0 saturated carbocycles. The Bertz CT molecular complexity index is 503. The summed E-state index contributed by atoms with van der Waals surface area (Å²) >= 11 is 0. The molecule has 11 heteroatoms. The highest BCUT2D eigenvalue weighted by molar-refractivity contribution is 5.99. The Morgan fingerprint density at radius 3 is 2.00 bits per heavy atom. The van der Waals surface area contributed by atoms with Crippen LogP contribution in [-0.4, -0.2) is 31.7 Å². The van der Waals surface area contributed by atoms with Gasteiger partial charge >= 0.3 is 23.2 Å². The van der Waals surface area contributed by atoms with Crippen LogP contribution in [0.4, 0.5) is 0 Å². The van der Waals surface area contributed by atoms with Gasteiger partial charge in [-0.3, -0.25) is 35.1 Å². The van der Waals surface area contributed by atoms with Crippen LogP contribution < -0.4 is 0 Å². The first kappa shape index (κ1) is 12.2. The number of nitrogens with zero attached hydrogens (tertiary/aromatic N) is 3. The van der Waals surface area contributed by atoms with Gasteiger partial charge in [0.05, 0.1) is 9.85 Å². The lowest BCUT2D eigenvalue weighted by molar-refractivity contribution is -0.510. The molecule has 1 rings (SSSR count). The minimum absolute atomic E-state index is 0.192. The molecule has 0 heterocycles. The van der Waals surface area contributed by atoms with Crippen LogP contribution in [0.3, 0.4) is 0 Å². The molecule has 0 amide bonds. The number of carbonyl (C=O) groups is 1. The summed E-state index contributed by atoms with van der Waals surface area (Å²) in [6.07, 6.45) is 0.192. The number of Topliss-reactive ketones (excluding diaryl/α,β-unsaturated/α-hetero) is 1. The fourth-order valence-corrected chi connectivity index (χ4v) is 1.16. The maximum Gasteiger partial charge on any atom is 0.343 e. The molecule has 90 valence electrons. The molecule has 1 aliphatic carbocycles. The molecule has 0 spiro atoms. The molecule has 0 saturated heterocycles. The molecule has 1 N–H and O–H groups in total. The van der Waals surface area contributed by atoms with Gasteiger partial charge < -0.3 is 5.11 Å². The average Bonchev–Trinajstić information content (AvgIpc) is 2.15. The number of hydrogen-bond acceptors (Lipinski definition) is 8. The van der Waals surface area contributed by atoms with Crippen LogP contribution in [0.2, 0.25) is 0 Å². The van der Waals surface area contributed by atoms with Crippen LogP contribution in [0.25, 0.3) is 0 Å². The van der Waals surface area contributed by atoms with Crippen molar-refractivity contribution in [2.75, 3.05) is 0 Å². The van der Waals surface area contributed by atoms with Crippen molar-refractivity contribution < 1.29 is 24.7 Å². The summed E-state index contributed by atoms with van der Waals surface area (Å²) in [6.45, 7) is 0. The van der Waals surface area contributed by atoms with Crippen molar-refractivity contribution in [3.05, 3.63) is 53.6 Å². The lowest BCUT2D eigenvalue weighted by Gasteiger charge is -2.09. The van der Waals surface area contributed by atoms with Gasteiger partial charge in [-0.05, 0) is 0 Å². The zero-order chi connectivity index (χ0) is 13.3. The standard InChI is InChI=1S/C6H3N3O8/c10-5-2(7(12)13)1-3(8(14)15)6(11)4(5)9(16)17/h1,4,10H. The Balaban J connectivity index is 3.46. The van der Waals surface area contributed by atoms with Gasteiger partial charge in [0.2, 0.25) is 0 Å². The van der Waals surface area contributed by atoms with Gasteiger partial charge in [0.25, 0.3) is 5.76 Å². The minimum Gasteiger partial charge on any atom is -0.501 e. The lowest BCUT2D eigenvalue weighted by atomic mass is 10.0. The fourth-order valence-electron chi connectivity index (χ4n) is 1.16. The summed E-state index contributed by atoms with van der Waals surface area (Å²) in [6, 6.07) is -2.51. The van der Waals surface area contributed by atoms with E-state index < -0.39 is 43.7 Å². The molecule has 0 fully saturated rings. The van der Waals surface area contributed by atoms with Crippen LogP contribution in [0.1, 0.15) is 0 Å². The lowest BCUT2D eigenvalue weighted by Crippen LogP contribution is -2.38. The first-order valence-electron chi connectivity index (χ1n) is 3.88. The third-order valence-corrected chi connectivity index (χ3v) is 1.90. The van der Waals surface area contributed by atoms with Gasteiger partial charge in [-0.25, -0.2) is 0 Å². The van der Waals surface area contributed by atoms with E-state index in [4.69, 9.17) is 5.11 Å². The molecular formula is C6H3N3O8. The van der Waals surface area contributed by atoms with Gasteiger partial charge in [-0.15, -0.1) is 0 Å². The molecule has 0 aromatic rings. The Morgan fingerprint density at radius 2 is 1.65 bits per heavy atom. The predicted molar refractivity (Wildman–Crippen MR) is 47.5 cm³/mol. The molecule has 1 aliphatic rings. The first-order chi connectivity index (χ1) is 7.77. The van der Waals surface area contributed by atoms with E-state index in [1.54, 1.807) is 0 Å². The maximum atomic E-state index is 11.2. The summed E-state index contributed by atoms with van der Waals surface area (Å²) in [5.41, 5.74) is -2.55. The highest BCUT2D eigenvalue weighted by Crippen LogP contribution is 2.22. The summed E-state index contributed by atoms with van der Waals surface area (Å²) in [4.78, 5) is 38.6. The van der Waals surface area contributed by atoms with E-state index in [2.05, 4.69) is 0 Å². The number of aliphatic hydroxyl groups is 1. The van der Waals surface area contributed by atoms with E-state index in [0.29, 0.717) is 0 Å². The van der Waals surface area contributed by atoms with Crippen molar-refractivity contribution in [3.8, 4) is 0 Å². The van der Waals surface area contributed by atoms with Crippen molar-refractivity contribution in [3.63, 3.8) is 0 Å². The highest BCUT2D eigenvalue weighted by atomic mass is 16.6. The minimum atomic E-state index is -2.51. The van der Waals surface area contributed by atoms with E-state index in [1.165, 1.54) is 0 Å². The van der Waals surface area contributed by atoms with E-state index >= 15 is 0 Å². The average molecular weight is 245 g/mol. The maximum absolute atomic E-state index is 11.2. The molecule has 11 nitrogen and oxygen atoms in total. The van der Waals surface area contributed by atoms with Crippen molar-refractivity contribution in [2.24, 2.45) is 0 Å². The number of carbonyl (C=O) groups excluding carboxylic acids is 1. The third-order valence-electron chi connectivity index (χ3n) is 1.90. The van der Waals surface area contributed by atoms with Gasteiger partial charge in [-0.2, -0.15) is 0 Å². The molecule has 0 aromatic heterocycles. The highest BCUT2D eigenvalue weighted by Gasteiger charge is 2.50. The SMILES string of the molecule is O=C1C([N+](=O)[O-])=CC([N+](=O)[O-])=C(O)C1[N+](=O)[O-]. The fraction of sp³-hybridized carbons (Fsp3) is 0.167. The summed E-state index contributed by atoms with van der Waals surface area (Å²) in [5, 5.41) is 40.3. The third kappa shape index (κ3) is 1.92. The monoisotopic (exact) mass is 245 g/mol. The van der Waals surface area contributed by atoms with Crippen LogP contribution in [0, 0.1) is 30.3 Å². The zero-order valence-corrected chi connectivity index (χ0v) is 7.80. The van der Waals surface area contributed by atoms with E-state index in [9.17, 15) is 35.1 Å². The zero-order valence-electron chi connectivity index (χ0n) is 7.80. The van der Waals surface area contributed by atoms with Crippen molar-refractivity contribution >= 4 is 5.78 Å². The normalized spacial score (nSPS) is 19.9. The van der Waals surface area contributed by atoms with Gasteiger partial charge in [-0.1, -0.05) is 0 Å². The number of nitro groups is 3. The van der Waals surface area contributed by atoms with Gasteiger partial charge in [0, 0.05) is 4.92 Å². The summed E-state index contributed by atoms with van der Waals surface area (Å²) in [5.74, 6) is -3.03. The molecular weight excluding hydrogens is 242 g/mol. The van der Waals surface area contributed by atoms with Crippen molar-refractivity contribution in [2.45, 2.75) is 6.04 Å². The van der Waals surface area contributed by atoms with Gasteiger partial charge in [0.15, 0.2) is 0 Å². The number of ketones is 1. The second-order valence-electron chi connectivity index (χ2n) is 2.87. The molecule has 1 atom stereocenters. The number of rotatable bonds is 3. The predicted octanol–water partition coefficient (Wildman–Crippen LogP) is -0.579. The second-order valence-corrected chi connectivity index (χ2v) is 2.87. The Morgan fingerprint density at radius 1 is 1.12 bits per heavy atom. The number of aliphatic hydroxyl groups excluding tert-OH is 1. The smallest absolute Gasteiger partial charge is 0.343 e. The first-order valence-corrected chi connectivity index (χ1v) is 3.88. The second kappa shape index (κ2) is 3.96. The molecule has 0 bridgehead atoms. The van der Waals surface area contributed by atoms with Crippen molar-refractivity contribution in [1.82, 2.24) is 0 Å². The Hall–Kier alpha value is -2.85. The van der Waals surface area contributed by atoms with E-state index in [1.807, 2.05) is 0 Å². The Labute approximate surface area is 91.1 Å². The molecule has 17 heavy (non-hydrogen) atoms. The van der Waals surface area contributed by atoms with Crippen LogP contribution in [0.15, 0.2) is 23.2 Å². The van der Waals surface area contributed by atoms with E-state index in [-0.39, 0.29) is 6.08 Å². The molecule has 0 aromatic carbocycles. The van der Waals surface area contributed by atoms with Crippen LogP contribution in [-0.2, 0) is 4.79 Å². The largest absolute Gasteiger partial charge is 0.501 e. The van der Waals surface area contributed by atoms with Gasteiger partial charge in [0.1, 0.15) is 6.08 Å². The Kier molecular flexibility index (Phi) is 2.84. The van der Waals surface area contributed by atoms with E-state index in [0.717, 1.165) is 0 Å². The molecule has 0 radical (unpaired) electrons. The number of allylic oxidation sites excluding steroid dienone is 1. The summed E-state index contributed by atoms with van der Waals surface area (Å²) in [7, 11) is 0. The van der Waals surface area contributed by atoms with Crippen LogP contribution >= 0.6 is 0 Å². The summed E-state index contributed by atoms with van der Waals surface area (Å²) < 4.78 is 0. The topological polar surface area (TPSA) is 167 Å². The van der Waals surface area contributed by atoms with Crippen molar-refractivity contribution in [1.29, 1.82) is 0 Å². The van der Waals surface area contributed by atoms with Crippen LogP contribution in [0.5, 0.6) is 0 Å². The number of hydrogen-bond donors (Lipinski definition) is 1. The quantitative estimate of drug-likeness (QED) is 0.508.